The van der Waals surface area contributed by atoms with E-state index >= 15 is 0 Å². The van der Waals surface area contributed by atoms with Gasteiger partial charge in [-0.25, -0.2) is 0 Å². The van der Waals surface area contributed by atoms with Crippen molar-refractivity contribution in [2.75, 3.05) is 13.1 Å². The molecule has 0 spiro atoms. The predicted octanol–water partition coefficient (Wildman–Crippen LogP) is 2.16. The standard InChI is InChI=1S/C12H21NO/c1-9(2)11(14)12(3,4)10-6-5-7-13-8-10/h10,13H,1,5-8H2,2-4H3. The largest absolute Gasteiger partial charge is 0.316 e. The van der Waals surface area contributed by atoms with Gasteiger partial charge >= 0.3 is 0 Å². The van der Waals surface area contributed by atoms with Crippen molar-refractivity contribution < 1.29 is 4.79 Å². The van der Waals surface area contributed by atoms with Crippen LogP contribution < -0.4 is 5.32 Å². The zero-order valence-electron chi connectivity index (χ0n) is 9.52. The Morgan fingerprint density at radius 2 is 2.14 bits per heavy atom. The van der Waals surface area contributed by atoms with E-state index in [-0.39, 0.29) is 11.2 Å². The normalized spacial score (nSPS) is 23.2. The van der Waals surface area contributed by atoms with E-state index in [9.17, 15) is 4.79 Å². The first kappa shape index (κ1) is 11.4. The number of ketones is 1. The average molecular weight is 195 g/mol. The van der Waals surface area contributed by atoms with Crippen LogP contribution in [0.4, 0.5) is 0 Å². The average Bonchev–Trinajstić information content (AvgIpc) is 2.18. The summed E-state index contributed by atoms with van der Waals surface area (Å²) < 4.78 is 0. The van der Waals surface area contributed by atoms with Gasteiger partial charge in [0.15, 0.2) is 5.78 Å². The summed E-state index contributed by atoms with van der Waals surface area (Å²) >= 11 is 0. The molecule has 0 saturated carbocycles. The fraction of sp³-hybridized carbons (Fsp3) is 0.750. The molecule has 0 aromatic rings. The first-order valence-electron chi connectivity index (χ1n) is 5.37. The van der Waals surface area contributed by atoms with E-state index in [0.717, 1.165) is 19.5 Å². The molecule has 2 heteroatoms. The maximum Gasteiger partial charge on any atom is 0.163 e. The first-order chi connectivity index (χ1) is 6.46. The molecule has 1 rings (SSSR count). The molecule has 1 saturated heterocycles. The Hall–Kier alpha value is -0.630. The molecule has 0 bridgehead atoms. The molecule has 0 radical (unpaired) electrons. The van der Waals surface area contributed by atoms with Gasteiger partial charge in [-0.15, -0.1) is 0 Å². The Labute approximate surface area is 86.8 Å². The number of piperidine rings is 1. The van der Waals surface area contributed by atoms with E-state index in [2.05, 4.69) is 11.9 Å². The lowest BCUT2D eigenvalue weighted by molar-refractivity contribution is -0.126. The molecule has 1 unspecified atom stereocenters. The number of carbonyl (C=O) groups is 1. The summed E-state index contributed by atoms with van der Waals surface area (Å²) in [4.78, 5) is 11.9. The molecular weight excluding hydrogens is 174 g/mol. The molecular formula is C12H21NO. The van der Waals surface area contributed by atoms with Crippen LogP contribution in [-0.2, 0) is 4.79 Å². The van der Waals surface area contributed by atoms with Crippen molar-refractivity contribution in [3.63, 3.8) is 0 Å². The lowest BCUT2D eigenvalue weighted by atomic mass is 9.71. The van der Waals surface area contributed by atoms with Crippen LogP contribution >= 0.6 is 0 Å². The van der Waals surface area contributed by atoms with Crippen LogP contribution in [0.25, 0.3) is 0 Å². The number of nitrogens with one attached hydrogen (secondary N) is 1. The van der Waals surface area contributed by atoms with Gasteiger partial charge in [0.2, 0.25) is 0 Å². The van der Waals surface area contributed by atoms with Gasteiger partial charge in [-0.3, -0.25) is 4.79 Å². The van der Waals surface area contributed by atoms with Crippen molar-refractivity contribution >= 4 is 5.78 Å². The lowest BCUT2D eigenvalue weighted by Crippen LogP contribution is -2.42. The van der Waals surface area contributed by atoms with Crippen molar-refractivity contribution in [2.45, 2.75) is 33.6 Å². The van der Waals surface area contributed by atoms with Crippen LogP contribution in [0.5, 0.6) is 0 Å². The highest BCUT2D eigenvalue weighted by Gasteiger charge is 2.36. The minimum atomic E-state index is -0.251. The zero-order chi connectivity index (χ0) is 10.8. The smallest absolute Gasteiger partial charge is 0.163 e. The fourth-order valence-corrected chi connectivity index (χ4v) is 2.20. The second kappa shape index (κ2) is 4.26. The quantitative estimate of drug-likeness (QED) is 0.699. The summed E-state index contributed by atoms with van der Waals surface area (Å²) in [5.41, 5.74) is 0.430. The zero-order valence-corrected chi connectivity index (χ0v) is 9.52. The van der Waals surface area contributed by atoms with E-state index in [1.54, 1.807) is 6.92 Å². The Kier molecular flexibility index (Phi) is 3.48. The third-order valence-electron chi connectivity index (χ3n) is 3.29. The number of rotatable bonds is 3. The number of hydrogen-bond acceptors (Lipinski definition) is 2. The Balaban J connectivity index is 2.71. The Morgan fingerprint density at radius 1 is 1.50 bits per heavy atom. The molecule has 0 aliphatic carbocycles. The molecule has 0 aromatic carbocycles. The molecule has 1 aliphatic rings. The number of hydrogen-bond donors (Lipinski definition) is 1. The van der Waals surface area contributed by atoms with Gasteiger partial charge in [0.05, 0.1) is 0 Å². The van der Waals surface area contributed by atoms with Crippen LogP contribution in [-0.4, -0.2) is 18.9 Å². The third kappa shape index (κ3) is 2.24. The molecule has 1 N–H and O–H groups in total. The number of carbonyl (C=O) groups excluding carboxylic acids is 1. The van der Waals surface area contributed by atoms with E-state index in [0.29, 0.717) is 11.5 Å². The highest BCUT2D eigenvalue weighted by atomic mass is 16.1. The molecule has 1 heterocycles. The summed E-state index contributed by atoms with van der Waals surface area (Å²) in [6, 6.07) is 0. The van der Waals surface area contributed by atoms with Gasteiger partial charge in [0.1, 0.15) is 0 Å². The van der Waals surface area contributed by atoms with Gasteiger partial charge in [-0.05, 0) is 44.3 Å². The second-order valence-corrected chi connectivity index (χ2v) is 4.87. The molecule has 14 heavy (non-hydrogen) atoms. The maximum absolute atomic E-state index is 11.9. The van der Waals surface area contributed by atoms with E-state index < -0.39 is 0 Å². The van der Waals surface area contributed by atoms with Crippen molar-refractivity contribution in [2.24, 2.45) is 11.3 Å². The molecule has 1 fully saturated rings. The number of allylic oxidation sites excluding steroid dienone is 1. The third-order valence-corrected chi connectivity index (χ3v) is 3.29. The van der Waals surface area contributed by atoms with Gasteiger partial charge in [-0.2, -0.15) is 0 Å². The predicted molar refractivity (Wildman–Crippen MR) is 59.2 cm³/mol. The highest BCUT2D eigenvalue weighted by molar-refractivity contribution is 5.98. The van der Waals surface area contributed by atoms with E-state index in [4.69, 9.17) is 0 Å². The summed E-state index contributed by atoms with van der Waals surface area (Å²) in [5, 5.41) is 3.35. The minimum Gasteiger partial charge on any atom is -0.316 e. The van der Waals surface area contributed by atoms with Crippen LogP contribution in [0, 0.1) is 11.3 Å². The first-order valence-corrected chi connectivity index (χ1v) is 5.37. The second-order valence-electron chi connectivity index (χ2n) is 4.87. The molecule has 80 valence electrons. The van der Waals surface area contributed by atoms with Crippen molar-refractivity contribution in [1.29, 1.82) is 0 Å². The van der Waals surface area contributed by atoms with E-state index in [1.165, 1.54) is 6.42 Å². The van der Waals surface area contributed by atoms with Crippen LogP contribution in [0.2, 0.25) is 0 Å². The SMILES string of the molecule is C=C(C)C(=O)C(C)(C)C1CCCNC1. The fourth-order valence-electron chi connectivity index (χ4n) is 2.20. The molecule has 1 atom stereocenters. The lowest BCUT2D eigenvalue weighted by Gasteiger charge is -2.36. The summed E-state index contributed by atoms with van der Waals surface area (Å²) in [5.74, 6) is 0.673. The highest BCUT2D eigenvalue weighted by Crippen LogP contribution is 2.34. The minimum absolute atomic E-state index is 0.214. The van der Waals surface area contributed by atoms with Gasteiger partial charge in [0, 0.05) is 5.41 Å². The summed E-state index contributed by atoms with van der Waals surface area (Å²) in [6.07, 6.45) is 2.33. The van der Waals surface area contributed by atoms with Crippen LogP contribution in [0.1, 0.15) is 33.6 Å². The summed E-state index contributed by atoms with van der Waals surface area (Å²) in [6.45, 7) is 11.7. The Bertz CT molecular complexity index is 237. The van der Waals surface area contributed by atoms with Crippen molar-refractivity contribution in [3.8, 4) is 0 Å². The van der Waals surface area contributed by atoms with Gasteiger partial charge in [0.25, 0.3) is 0 Å². The molecule has 0 aromatic heterocycles. The molecule has 2 nitrogen and oxygen atoms in total. The van der Waals surface area contributed by atoms with E-state index in [1.807, 2.05) is 13.8 Å². The Morgan fingerprint density at radius 3 is 2.57 bits per heavy atom. The monoisotopic (exact) mass is 195 g/mol. The molecule has 0 amide bonds. The summed E-state index contributed by atoms with van der Waals surface area (Å²) in [7, 11) is 0. The number of Topliss-reactive ketones (excluding diaryl/α,β-unsaturated/α-hetero) is 1. The van der Waals surface area contributed by atoms with Crippen LogP contribution in [0.15, 0.2) is 12.2 Å². The van der Waals surface area contributed by atoms with Gasteiger partial charge in [-0.1, -0.05) is 20.4 Å². The maximum atomic E-state index is 11.9. The van der Waals surface area contributed by atoms with Crippen molar-refractivity contribution in [1.82, 2.24) is 5.32 Å². The topological polar surface area (TPSA) is 29.1 Å². The van der Waals surface area contributed by atoms with Gasteiger partial charge < -0.3 is 5.32 Å². The van der Waals surface area contributed by atoms with Crippen LogP contribution in [0.3, 0.4) is 0 Å². The molecule has 1 aliphatic heterocycles. The van der Waals surface area contributed by atoms with Crippen molar-refractivity contribution in [3.05, 3.63) is 12.2 Å².